The Kier molecular flexibility index (Phi) is 4.83. The van der Waals surface area contributed by atoms with Gasteiger partial charge in [-0.05, 0) is 31.6 Å². The first-order valence-electron chi connectivity index (χ1n) is 7.56. The highest BCUT2D eigenvalue weighted by Crippen LogP contribution is 2.37. The number of aryl methyl sites for hydroxylation is 1. The van der Waals surface area contributed by atoms with Gasteiger partial charge in [0.25, 0.3) is 0 Å². The molecule has 3 heteroatoms. The average molecular weight is 281 g/mol. The maximum Gasteiger partial charge on any atom is 0.136 e. The standard InChI is InChI=1S/C16H25ClN2/c1-5-12-7-6-8-13(9-12)16-18-11(4)14(10(2)3)15(17)19-16/h10,12-13H,5-9H2,1-4H3. The molecule has 2 unspecified atom stereocenters. The van der Waals surface area contributed by atoms with Gasteiger partial charge in [0.05, 0.1) is 0 Å². The second-order valence-electron chi connectivity index (χ2n) is 6.16. The monoisotopic (exact) mass is 280 g/mol. The second kappa shape index (κ2) is 6.21. The first kappa shape index (κ1) is 14.8. The smallest absolute Gasteiger partial charge is 0.136 e. The molecule has 1 aliphatic carbocycles. The van der Waals surface area contributed by atoms with Crippen molar-refractivity contribution in [3.05, 3.63) is 22.2 Å². The van der Waals surface area contributed by atoms with Gasteiger partial charge in [0.1, 0.15) is 11.0 Å². The molecule has 0 amide bonds. The Morgan fingerprint density at radius 3 is 2.58 bits per heavy atom. The van der Waals surface area contributed by atoms with Crippen LogP contribution >= 0.6 is 11.6 Å². The molecule has 1 saturated carbocycles. The van der Waals surface area contributed by atoms with Crippen LogP contribution < -0.4 is 0 Å². The molecule has 1 aromatic heterocycles. The number of hydrogen-bond acceptors (Lipinski definition) is 2. The highest BCUT2D eigenvalue weighted by atomic mass is 35.5. The molecule has 1 heterocycles. The molecule has 1 fully saturated rings. The van der Waals surface area contributed by atoms with Crippen molar-refractivity contribution in [3.8, 4) is 0 Å². The lowest BCUT2D eigenvalue weighted by Crippen LogP contribution is -2.17. The number of halogens is 1. The summed E-state index contributed by atoms with van der Waals surface area (Å²) in [6.07, 6.45) is 6.38. The maximum atomic E-state index is 6.37. The molecule has 0 saturated heterocycles. The lowest BCUT2D eigenvalue weighted by Gasteiger charge is -2.28. The third kappa shape index (κ3) is 3.28. The third-order valence-electron chi connectivity index (χ3n) is 4.41. The average Bonchev–Trinajstić information content (AvgIpc) is 2.37. The van der Waals surface area contributed by atoms with Crippen LogP contribution in [0.5, 0.6) is 0 Å². The highest BCUT2D eigenvalue weighted by molar-refractivity contribution is 6.30. The van der Waals surface area contributed by atoms with E-state index in [1.165, 1.54) is 32.1 Å². The van der Waals surface area contributed by atoms with Gasteiger partial charge in [0, 0.05) is 17.2 Å². The van der Waals surface area contributed by atoms with Crippen LogP contribution in [0.3, 0.4) is 0 Å². The fraction of sp³-hybridized carbons (Fsp3) is 0.750. The number of aromatic nitrogens is 2. The van der Waals surface area contributed by atoms with Gasteiger partial charge in [-0.3, -0.25) is 0 Å². The van der Waals surface area contributed by atoms with E-state index in [2.05, 4.69) is 32.7 Å². The molecule has 0 radical (unpaired) electrons. The van der Waals surface area contributed by atoms with Crippen LogP contribution in [0.2, 0.25) is 5.15 Å². The molecule has 2 rings (SSSR count). The fourth-order valence-corrected chi connectivity index (χ4v) is 3.74. The summed E-state index contributed by atoms with van der Waals surface area (Å²) in [4.78, 5) is 9.35. The molecule has 0 spiro atoms. The van der Waals surface area contributed by atoms with Gasteiger partial charge in [-0.25, -0.2) is 9.97 Å². The largest absolute Gasteiger partial charge is 0.238 e. The van der Waals surface area contributed by atoms with E-state index in [0.717, 1.165) is 23.0 Å². The number of nitrogens with zero attached hydrogens (tertiary/aromatic N) is 2. The number of hydrogen-bond donors (Lipinski definition) is 0. The Morgan fingerprint density at radius 1 is 1.26 bits per heavy atom. The van der Waals surface area contributed by atoms with Crippen molar-refractivity contribution in [1.82, 2.24) is 9.97 Å². The molecule has 2 atom stereocenters. The van der Waals surface area contributed by atoms with Gasteiger partial charge in [-0.1, -0.05) is 51.6 Å². The van der Waals surface area contributed by atoms with E-state index in [1.807, 2.05) is 0 Å². The van der Waals surface area contributed by atoms with Crippen molar-refractivity contribution in [2.24, 2.45) is 5.92 Å². The van der Waals surface area contributed by atoms with E-state index >= 15 is 0 Å². The Labute approximate surface area is 122 Å². The van der Waals surface area contributed by atoms with E-state index in [0.29, 0.717) is 17.0 Å². The van der Waals surface area contributed by atoms with Crippen LogP contribution in [-0.2, 0) is 0 Å². The van der Waals surface area contributed by atoms with Crippen LogP contribution in [-0.4, -0.2) is 9.97 Å². The molecule has 106 valence electrons. The van der Waals surface area contributed by atoms with Crippen molar-refractivity contribution in [2.75, 3.05) is 0 Å². The summed E-state index contributed by atoms with van der Waals surface area (Å²) in [5, 5.41) is 0.663. The zero-order valence-corrected chi connectivity index (χ0v) is 13.3. The molecule has 1 aromatic rings. The molecule has 0 N–H and O–H groups in total. The first-order chi connectivity index (χ1) is 9.02. The molecule has 19 heavy (non-hydrogen) atoms. The summed E-state index contributed by atoms with van der Waals surface area (Å²) in [6.45, 7) is 8.64. The summed E-state index contributed by atoms with van der Waals surface area (Å²) in [7, 11) is 0. The van der Waals surface area contributed by atoms with Gasteiger partial charge in [0.2, 0.25) is 0 Å². The molecular weight excluding hydrogens is 256 g/mol. The third-order valence-corrected chi connectivity index (χ3v) is 4.70. The highest BCUT2D eigenvalue weighted by Gasteiger charge is 2.25. The normalized spacial score (nSPS) is 23.9. The van der Waals surface area contributed by atoms with Crippen LogP contribution in [0.15, 0.2) is 0 Å². The van der Waals surface area contributed by atoms with E-state index < -0.39 is 0 Å². The van der Waals surface area contributed by atoms with E-state index in [-0.39, 0.29) is 0 Å². The lowest BCUT2D eigenvalue weighted by atomic mass is 9.80. The first-order valence-corrected chi connectivity index (χ1v) is 7.94. The van der Waals surface area contributed by atoms with Crippen LogP contribution in [0.4, 0.5) is 0 Å². The van der Waals surface area contributed by atoms with Gasteiger partial charge >= 0.3 is 0 Å². The molecule has 0 bridgehead atoms. The lowest BCUT2D eigenvalue weighted by molar-refractivity contribution is 0.307. The topological polar surface area (TPSA) is 25.8 Å². The van der Waals surface area contributed by atoms with Crippen molar-refractivity contribution < 1.29 is 0 Å². The fourth-order valence-electron chi connectivity index (χ4n) is 3.30. The summed E-state index contributed by atoms with van der Waals surface area (Å²) in [5.74, 6) is 2.71. The number of rotatable bonds is 3. The van der Waals surface area contributed by atoms with Gasteiger partial charge in [-0.15, -0.1) is 0 Å². The van der Waals surface area contributed by atoms with E-state index in [1.54, 1.807) is 0 Å². The minimum atomic E-state index is 0.385. The minimum Gasteiger partial charge on any atom is -0.238 e. The minimum absolute atomic E-state index is 0.385. The van der Waals surface area contributed by atoms with Crippen LogP contribution in [0.25, 0.3) is 0 Å². The van der Waals surface area contributed by atoms with Crippen molar-refractivity contribution in [3.63, 3.8) is 0 Å². The molecule has 1 aliphatic rings. The summed E-state index contributed by atoms with van der Waals surface area (Å²) in [5.41, 5.74) is 2.16. The second-order valence-corrected chi connectivity index (χ2v) is 6.52. The molecule has 0 aliphatic heterocycles. The van der Waals surface area contributed by atoms with Crippen molar-refractivity contribution in [1.29, 1.82) is 0 Å². The molecule has 0 aromatic carbocycles. The van der Waals surface area contributed by atoms with Crippen molar-refractivity contribution >= 4 is 11.6 Å². The maximum absolute atomic E-state index is 6.37. The van der Waals surface area contributed by atoms with Crippen molar-refractivity contribution in [2.45, 2.75) is 71.6 Å². The summed E-state index contributed by atoms with van der Waals surface area (Å²) < 4.78 is 0. The molecular formula is C16H25ClN2. The Bertz CT molecular complexity index is 419. The predicted molar refractivity (Wildman–Crippen MR) is 80.9 cm³/mol. The van der Waals surface area contributed by atoms with Crippen LogP contribution in [0.1, 0.15) is 81.8 Å². The van der Waals surface area contributed by atoms with Gasteiger partial charge < -0.3 is 0 Å². The Hall–Kier alpha value is -0.630. The van der Waals surface area contributed by atoms with E-state index in [9.17, 15) is 0 Å². The zero-order valence-electron chi connectivity index (χ0n) is 12.5. The predicted octanol–water partition coefficient (Wildman–Crippen LogP) is 5.25. The summed E-state index contributed by atoms with van der Waals surface area (Å²) in [6, 6.07) is 0. The quantitative estimate of drug-likeness (QED) is 0.707. The van der Waals surface area contributed by atoms with E-state index in [4.69, 9.17) is 16.6 Å². The summed E-state index contributed by atoms with van der Waals surface area (Å²) >= 11 is 6.37. The Balaban J connectivity index is 2.26. The van der Waals surface area contributed by atoms with Gasteiger partial charge in [0.15, 0.2) is 0 Å². The zero-order chi connectivity index (χ0) is 14.0. The SMILES string of the molecule is CCC1CCCC(c2nc(C)c(C(C)C)c(Cl)n2)C1. The van der Waals surface area contributed by atoms with Crippen LogP contribution in [0, 0.1) is 12.8 Å². The molecule has 2 nitrogen and oxygen atoms in total. The van der Waals surface area contributed by atoms with Gasteiger partial charge in [-0.2, -0.15) is 0 Å². The Morgan fingerprint density at radius 2 is 2.00 bits per heavy atom.